The number of alkyl halides is 3. The molecule has 1 aliphatic rings. The van der Waals surface area contributed by atoms with Gasteiger partial charge in [-0.15, -0.1) is 0 Å². The third-order valence-corrected chi connectivity index (χ3v) is 5.10. The van der Waals surface area contributed by atoms with Crippen molar-refractivity contribution in [3.05, 3.63) is 64.2 Å². The van der Waals surface area contributed by atoms with Crippen molar-refractivity contribution in [3.8, 4) is 0 Å². The van der Waals surface area contributed by atoms with Gasteiger partial charge in [-0.1, -0.05) is 35.9 Å². The lowest BCUT2D eigenvalue weighted by atomic mass is 10.0. The van der Waals surface area contributed by atoms with E-state index in [0.29, 0.717) is 35.9 Å². The van der Waals surface area contributed by atoms with E-state index in [2.05, 4.69) is 10.1 Å². The fraction of sp³-hybridized carbons (Fsp3) is 0.350. The molecule has 1 saturated heterocycles. The van der Waals surface area contributed by atoms with Crippen molar-refractivity contribution < 1.29 is 27.8 Å². The van der Waals surface area contributed by atoms with E-state index >= 15 is 0 Å². The highest BCUT2D eigenvalue weighted by atomic mass is 35.5. The molecule has 0 spiro atoms. The third kappa shape index (κ3) is 5.55. The van der Waals surface area contributed by atoms with E-state index in [1.165, 1.54) is 18.2 Å². The molecule has 156 valence electrons. The summed E-state index contributed by atoms with van der Waals surface area (Å²) in [6.07, 6.45) is -6.16. The van der Waals surface area contributed by atoms with Crippen LogP contribution in [-0.2, 0) is 11.3 Å². The maximum atomic E-state index is 13.7. The SMILES string of the molecule is Cc1cc([C@H](Nc2cccc(CN3CC(OC(=O)O)C3)c2)C(F)(F)F)ccc1Cl. The summed E-state index contributed by atoms with van der Waals surface area (Å²) in [7, 11) is 0. The highest BCUT2D eigenvalue weighted by Gasteiger charge is 2.41. The number of nitrogens with one attached hydrogen (secondary N) is 1. The molecule has 2 aromatic carbocycles. The molecule has 9 heteroatoms. The summed E-state index contributed by atoms with van der Waals surface area (Å²) < 4.78 is 45.7. The first-order valence-electron chi connectivity index (χ1n) is 8.92. The summed E-state index contributed by atoms with van der Waals surface area (Å²) in [4.78, 5) is 12.5. The van der Waals surface area contributed by atoms with Gasteiger partial charge in [-0.05, 0) is 41.8 Å². The van der Waals surface area contributed by atoms with Crippen LogP contribution in [0.2, 0.25) is 5.02 Å². The minimum Gasteiger partial charge on any atom is -0.450 e. The minimum absolute atomic E-state index is 0.0845. The smallest absolute Gasteiger partial charge is 0.450 e. The van der Waals surface area contributed by atoms with Gasteiger partial charge in [0.25, 0.3) is 0 Å². The monoisotopic (exact) mass is 428 g/mol. The zero-order valence-corrected chi connectivity index (χ0v) is 16.3. The molecule has 2 aromatic rings. The van der Waals surface area contributed by atoms with Crippen LogP contribution in [0.1, 0.15) is 22.7 Å². The lowest BCUT2D eigenvalue weighted by Crippen LogP contribution is -2.52. The Bertz CT molecular complexity index is 886. The summed E-state index contributed by atoms with van der Waals surface area (Å²) >= 11 is 5.94. The van der Waals surface area contributed by atoms with E-state index < -0.39 is 18.4 Å². The zero-order valence-electron chi connectivity index (χ0n) is 15.5. The van der Waals surface area contributed by atoms with Crippen molar-refractivity contribution >= 4 is 23.4 Å². The van der Waals surface area contributed by atoms with Crippen LogP contribution in [0.5, 0.6) is 0 Å². The molecule has 0 radical (unpaired) electrons. The van der Waals surface area contributed by atoms with Crippen LogP contribution < -0.4 is 5.32 Å². The van der Waals surface area contributed by atoms with Crippen LogP contribution in [0.25, 0.3) is 0 Å². The van der Waals surface area contributed by atoms with Crippen LogP contribution in [0, 0.1) is 6.92 Å². The molecule has 1 heterocycles. The van der Waals surface area contributed by atoms with Gasteiger partial charge in [0, 0.05) is 30.3 Å². The molecule has 29 heavy (non-hydrogen) atoms. The number of aryl methyl sites for hydroxylation is 1. The topological polar surface area (TPSA) is 61.8 Å². The van der Waals surface area contributed by atoms with Crippen LogP contribution in [0.15, 0.2) is 42.5 Å². The molecule has 2 N–H and O–H groups in total. The average molecular weight is 429 g/mol. The standard InChI is InChI=1S/C20H20ClF3N2O3/c1-12-7-14(5-6-17(12)21)18(20(22,23)24)25-15-4-2-3-13(8-15)9-26-10-16(11-26)29-19(27)28/h2-8,16,18,25H,9-11H2,1H3,(H,27,28)/t18-/m0/s1. The molecule has 0 saturated carbocycles. The van der Waals surface area contributed by atoms with Crippen molar-refractivity contribution in [1.82, 2.24) is 4.90 Å². The predicted octanol–water partition coefficient (Wildman–Crippen LogP) is 5.24. The predicted molar refractivity (Wildman–Crippen MR) is 103 cm³/mol. The van der Waals surface area contributed by atoms with Gasteiger partial charge in [0.2, 0.25) is 0 Å². The molecular formula is C20H20ClF3N2O3. The molecule has 1 fully saturated rings. The Morgan fingerprint density at radius 2 is 2.03 bits per heavy atom. The van der Waals surface area contributed by atoms with Gasteiger partial charge in [0.15, 0.2) is 0 Å². The average Bonchev–Trinajstić information content (AvgIpc) is 2.59. The number of carbonyl (C=O) groups is 1. The molecule has 0 aromatic heterocycles. The van der Waals surface area contributed by atoms with Gasteiger partial charge < -0.3 is 15.2 Å². The largest absolute Gasteiger partial charge is 0.506 e. The second-order valence-corrected chi connectivity index (χ2v) is 7.44. The first kappa shape index (κ1) is 21.3. The number of benzene rings is 2. The zero-order chi connectivity index (χ0) is 21.2. The van der Waals surface area contributed by atoms with E-state index in [0.717, 1.165) is 5.56 Å². The number of likely N-dealkylation sites (tertiary alicyclic amines) is 1. The van der Waals surface area contributed by atoms with Gasteiger partial charge in [0.1, 0.15) is 12.1 Å². The Hall–Kier alpha value is -2.45. The Morgan fingerprint density at radius 1 is 1.31 bits per heavy atom. The molecule has 0 aliphatic carbocycles. The molecular weight excluding hydrogens is 409 g/mol. The van der Waals surface area contributed by atoms with Crippen molar-refractivity contribution in [2.75, 3.05) is 18.4 Å². The molecule has 1 atom stereocenters. The summed E-state index contributed by atoms with van der Waals surface area (Å²) in [6.45, 7) is 3.07. The summed E-state index contributed by atoms with van der Waals surface area (Å²) in [5.74, 6) is 0. The molecule has 0 unspecified atom stereocenters. The van der Waals surface area contributed by atoms with Gasteiger partial charge in [0.05, 0.1) is 0 Å². The molecule has 1 aliphatic heterocycles. The Morgan fingerprint density at radius 3 is 2.66 bits per heavy atom. The number of carboxylic acid groups (broad SMARTS) is 1. The summed E-state index contributed by atoms with van der Waals surface area (Å²) in [5.41, 5.74) is 1.82. The summed E-state index contributed by atoms with van der Waals surface area (Å²) in [5, 5.41) is 11.6. The van der Waals surface area contributed by atoms with Crippen LogP contribution in [-0.4, -0.2) is 41.5 Å². The van der Waals surface area contributed by atoms with Gasteiger partial charge in [-0.25, -0.2) is 4.79 Å². The lowest BCUT2D eigenvalue weighted by Gasteiger charge is -2.37. The van der Waals surface area contributed by atoms with Gasteiger partial charge >= 0.3 is 12.3 Å². The van der Waals surface area contributed by atoms with E-state index in [4.69, 9.17) is 16.7 Å². The Balaban J connectivity index is 1.70. The van der Waals surface area contributed by atoms with Crippen molar-refractivity contribution in [2.45, 2.75) is 31.8 Å². The van der Waals surface area contributed by atoms with Crippen LogP contribution in [0.3, 0.4) is 0 Å². The fourth-order valence-corrected chi connectivity index (χ4v) is 3.37. The Kier molecular flexibility index (Phi) is 6.24. The number of nitrogens with zero attached hydrogens (tertiary/aromatic N) is 1. The maximum Gasteiger partial charge on any atom is 0.506 e. The first-order chi connectivity index (χ1) is 13.6. The second-order valence-electron chi connectivity index (χ2n) is 7.03. The molecule has 5 nitrogen and oxygen atoms in total. The van der Waals surface area contributed by atoms with Crippen LogP contribution in [0.4, 0.5) is 23.7 Å². The van der Waals surface area contributed by atoms with Crippen LogP contribution >= 0.6 is 11.6 Å². The van der Waals surface area contributed by atoms with Crippen molar-refractivity contribution in [3.63, 3.8) is 0 Å². The van der Waals surface area contributed by atoms with Crippen molar-refractivity contribution in [1.29, 1.82) is 0 Å². The third-order valence-electron chi connectivity index (χ3n) is 4.68. The van der Waals surface area contributed by atoms with Crippen molar-refractivity contribution in [2.24, 2.45) is 0 Å². The van der Waals surface area contributed by atoms with Gasteiger partial charge in [-0.3, -0.25) is 4.90 Å². The lowest BCUT2D eigenvalue weighted by molar-refractivity contribution is -0.144. The fourth-order valence-electron chi connectivity index (χ4n) is 3.25. The second kappa shape index (κ2) is 8.51. The first-order valence-corrected chi connectivity index (χ1v) is 9.30. The van der Waals surface area contributed by atoms with E-state index in [9.17, 15) is 18.0 Å². The minimum atomic E-state index is -4.49. The highest BCUT2D eigenvalue weighted by molar-refractivity contribution is 6.31. The normalized spacial score (nSPS) is 16.2. The maximum absolute atomic E-state index is 13.7. The van der Waals surface area contributed by atoms with E-state index in [-0.39, 0.29) is 11.7 Å². The highest BCUT2D eigenvalue weighted by Crippen LogP contribution is 2.37. The number of ether oxygens (including phenoxy) is 1. The number of halogens is 4. The molecule has 0 amide bonds. The summed E-state index contributed by atoms with van der Waals surface area (Å²) in [6, 6.07) is 9.13. The number of anilines is 1. The molecule has 0 bridgehead atoms. The van der Waals surface area contributed by atoms with E-state index in [1.54, 1.807) is 25.1 Å². The Labute approximate surface area is 171 Å². The number of rotatable bonds is 6. The van der Waals surface area contributed by atoms with Gasteiger partial charge in [-0.2, -0.15) is 13.2 Å². The molecule has 3 rings (SSSR count). The number of hydrogen-bond acceptors (Lipinski definition) is 4. The van der Waals surface area contributed by atoms with E-state index in [1.807, 2.05) is 11.0 Å². The number of hydrogen-bond donors (Lipinski definition) is 2. The quantitative estimate of drug-likeness (QED) is 0.616.